The molecular weight excluding hydrogens is 310 g/mol. The van der Waals surface area contributed by atoms with E-state index in [2.05, 4.69) is 10.6 Å². The molecule has 2 fully saturated rings. The minimum absolute atomic E-state index is 0.0417. The second kappa shape index (κ2) is 7.81. The molecule has 1 aliphatic carbocycles. The summed E-state index contributed by atoms with van der Waals surface area (Å²) in [7, 11) is 0. The Hall–Kier alpha value is -1.56. The number of nitrogens with zero attached hydrogens (tertiary/aromatic N) is 1. The molecule has 1 aromatic heterocycles. The van der Waals surface area contributed by atoms with Crippen LogP contribution in [0.25, 0.3) is 0 Å². The van der Waals surface area contributed by atoms with E-state index in [0.717, 1.165) is 30.6 Å². The minimum atomic E-state index is -0.0417. The van der Waals surface area contributed by atoms with Gasteiger partial charge in [-0.25, -0.2) is 4.79 Å². The van der Waals surface area contributed by atoms with Gasteiger partial charge in [-0.1, -0.05) is 25.3 Å². The van der Waals surface area contributed by atoms with Gasteiger partial charge < -0.3 is 15.5 Å². The lowest BCUT2D eigenvalue weighted by atomic mass is 9.96. The highest BCUT2D eigenvalue weighted by Crippen LogP contribution is 2.18. The summed E-state index contributed by atoms with van der Waals surface area (Å²) in [6, 6.07) is 4.24. The third kappa shape index (κ3) is 4.47. The van der Waals surface area contributed by atoms with Crippen molar-refractivity contribution in [1.82, 2.24) is 15.5 Å². The van der Waals surface area contributed by atoms with Crippen molar-refractivity contribution in [2.24, 2.45) is 0 Å². The van der Waals surface area contributed by atoms with E-state index in [1.165, 1.54) is 30.6 Å². The van der Waals surface area contributed by atoms with Crippen LogP contribution in [0.4, 0.5) is 4.79 Å². The lowest BCUT2D eigenvalue weighted by molar-refractivity contribution is 0.0713. The van der Waals surface area contributed by atoms with E-state index in [-0.39, 0.29) is 18.0 Å². The second-order valence-electron chi connectivity index (χ2n) is 6.50. The zero-order chi connectivity index (χ0) is 16.1. The van der Waals surface area contributed by atoms with E-state index in [4.69, 9.17) is 0 Å². The van der Waals surface area contributed by atoms with Gasteiger partial charge in [0.25, 0.3) is 5.91 Å². The first-order valence-corrected chi connectivity index (χ1v) is 9.50. The summed E-state index contributed by atoms with van der Waals surface area (Å²) in [5.74, 6) is 0.116. The Morgan fingerprint density at radius 3 is 2.26 bits per heavy atom. The third-order valence-corrected chi connectivity index (χ3v) is 5.65. The second-order valence-corrected chi connectivity index (χ2v) is 7.44. The highest BCUT2D eigenvalue weighted by molar-refractivity contribution is 7.12. The van der Waals surface area contributed by atoms with Crippen LogP contribution in [0.15, 0.2) is 17.5 Å². The molecule has 0 aromatic carbocycles. The van der Waals surface area contributed by atoms with Crippen molar-refractivity contribution in [2.75, 3.05) is 13.1 Å². The number of urea groups is 1. The molecule has 1 aromatic rings. The SMILES string of the molecule is O=C(NC1CCCCC1)NC1CCN(C(=O)c2cccs2)CC1. The molecule has 2 N–H and O–H groups in total. The average molecular weight is 335 g/mol. The van der Waals surface area contributed by atoms with Crippen molar-refractivity contribution in [1.29, 1.82) is 0 Å². The standard InChI is InChI=1S/C17H25N3O2S/c21-16(15-7-4-12-23-15)20-10-8-14(9-11-20)19-17(22)18-13-5-2-1-3-6-13/h4,7,12-14H,1-3,5-6,8-11H2,(H2,18,19,22). The largest absolute Gasteiger partial charge is 0.338 e. The molecule has 1 saturated carbocycles. The van der Waals surface area contributed by atoms with Crippen LogP contribution in [0, 0.1) is 0 Å². The summed E-state index contributed by atoms with van der Waals surface area (Å²) in [5.41, 5.74) is 0. The normalized spacial score (nSPS) is 20.3. The topological polar surface area (TPSA) is 61.4 Å². The maximum absolute atomic E-state index is 12.3. The maximum Gasteiger partial charge on any atom is 0.315 e. The summed E-state index contributed by atoms with van der Waals surface area (Å²) in [4.78, 5) is 27.1. The van der Waals surface area contributed by atoms with Crippen LogP contribution in [0.1, 0.15) is 54.6 Å². The van der Waals surface area contributed by atoms with Gasteiger partial charge in [0.1, 0.15) is 0 Å². The van der Waals surface area contributed by atoms with Crippen LogP contribution in [0.5, 0.6) is 0 Å². The first-order chi connectivity index (χ1) is 11.2. The molecular formula is C17H25N3O2S. The van der Waals surface area contributed by atoms with Gasteiger partial charge in [-0.15, -0.1) is 11.3 Å². The molecule has 0 atom stereocenters. The van der Waals surface area contributed by atoms with E-state index in [1.807, 2.05) is 22.4 Å². The Morgan fingerprint density at radius 1 is 1.00 bits per heavy atom. The molecule has 0 spiro atoms. The monoisotopic (exact) mass is 335 g/mol. The molecule has 0 bridgehead atoms. The fourth-order valence-corrected chi connectivity index (χ4v) is 4.13. The van der Waals surface area contributed by atoms with E-state index in [1.54, 1.807) is 0 Å². The van der Waals surface area contributed by atoms with Gasteiger partial charge in [0, 0.05) is 25.2 Å². The van der Waals surface area contributed by atoms with E-state index in [9.17, 15) is 9.59 Å². The smallest absolute Gasteiger partial charge is 0.315 e. The Morgan fingerprint density at radius 2 is 1.65 bits per heavy atom. The molecule has 3 amide bonds. The number of nitrogens with one attached hydrogen (secondary N) is 2. The number of thiophene rings is 1. The van der Waals surface area contributed by atoms with Crippen LogP contribution in [-0.4, -0.2) is 42.0 Å². The molecule has 2 aliphatic rings. The summed E-state index contributed by atoms with van der Waals surface area (Å²) in [6.07, 6.45) is 7.58. The Kier molecular flexibility index (Phi) is 5.54. The predicted molar refractivity (Wildman–Crippen MR) is 91.8 cm³/mol. The Bertz CT molecular complexity index is 518. The fraction of sp³-hybridized carbons (Fsp3) is 0.647. The van der Waals surface area contributed by atoms with E-state index >= 15 is 0 Å². The molecule has 23 heavy (non-hydrogen) atoms. The third-order valence-electron chi connectivity index (χ3n) is 4.79. The van der Waals surface area contributed by atoms with Crippen molar-refractivity contribution in [3.8, 4) is 0 Å². The first-order valence-electron chi connectivity index (χ1n) is 8.62. The van der Waals surface area contributed by atoms with Gasteiger partial charge in [0.15, 0.2) is 0 Å². The van der Waals surface area contributed by atoms with Gasteiger partial charge in [-0.2, -0.15) is 0 Å². The maximum atomic E-state index is 12.3. The van der Waals surface area contributed by atoms with Crippen LogP contribution in [0.2, 0.25) is 0 Å². The summed E-state index contributed by atoms with van der Waals surface area (Å²) < 4.78 is 0. The highest BCUT2D eigenvalue weighted by Gasteiger charge is 2.25. The van der Waals surface area contributed by atoms with E-state index in [0.29, 0.717) is 19.1 Å². The molecule has 2 heterocycles. The number of hydrogen-bond acceptors (Lipinski definition) is 3. The molecule has 126 valence electrons. The average Bonchev–Trinajstić information content (AvgIpc) is 3.10. The van der Waals surface area contributed by atoms with Crippen LogP contribution in [-0.2, 0) is 0 Å². The first kappa shape index (κ1) is 16.3. The lowest BCUT2D eigenvalue weighted by Gasteiger charge is -2.32. The van der Waals surface area contributed by atoms with Crippen LogP contribution < -0.4 is 10.6 Å². The molecule has 6 heteroatoms. The number of piperidine rings is 1. The predicted octanol–water partition coefficient (Wildman–Crippen LogP) is 2.98. The number of hydrogen-bond donors (Lipinski definition) is 2. The zero-order valence-corrected chi connectivity index (χ0v) is 14.2. The number of rotatable bonds is 3. The number of likely N-dealkylation sites (tertiary alicyclic amines) is 1. The lowest BCUT2D eigenvalue weighted by Crippen LogP contribution is -2.51. The van der Waals surface area contributed by atoms with Crippen molar-refractivity contribution < 1.29 is 9.59 Å². The number of carbonyl (C=O) groups is 2. The van der Waals surface area contributed by atoms with Crippen molar-refractivity contribution in [2.45, 2.75) is 57.0 Å². The van der Waals surface area contributed by atoms with Gasteiger partial charge in [0.05, 0.1) is 4.88 Å². The quantitative estimate of drug-likeness (QED) is 0.892. The summed E-state index contributed by atoms with van der Waals surface area (Å²) in [6.45, 7) is 1.43. The zero-order valence-electron chi connectivity index (χ0n) is 13.4. The molecule has 1 saturated heterocycles. The van der Waals surface area contributed by atoms with Crippen LogP contribution in [0.3, 0.4) is 0 Å². The van der Waals surface area contributed by atoms with Crippen molar-refractivity contribution in [3.63, 3.8) is 0 Å². The molecule has 5 nitrogen and oxygen atoms in total. The van der Waals surface area contributed by atoms with Crippen LogP contribution >= 0.6 is 11.3 Å². The molecule has 3 rings (SSSR count). The van der Waals surface area contributed by atoms with Crippen molar-refractivity contribution >= 4 is 23.3 Å². The minimum Gasteiger partial charge on any atom is -0.338 e. The van der Waals surface area contributed by atoms with Gasteiger partial charge in [0.2, 0.25) is 0 Å². The fourth-order valence-electron chi connectivity index (χ4n) is 3.44. The summed E-state index contributed by atoms with van der Waals surface area (Å²) in [5, 5.41) is 8.10. The summed E-state index contributed by atoms with van der Waals surface area (Å²) >= 11 is 1.48. The van der Waals surface area contributed by atoms with Crippen molar-refractivity contribution in [3.05, 3.63) is 22.4 Å². The van der Waals surface area contributed by atoms with Gasteiger partial charge >= 0.3 is 6.03 Å². The Balaban J connectivity index is 1.40. The number of carbonyl (C=O) groups excluding carboxylic acids is 2. The molecule has 0 unspecified atom stereocenters. The van der Waals surface area contributed by atoms with Gasteiger partial charge in [-0.3, -0.25) is 4.79 Å². The Labute approximate surface area is 141 Å². The highest BCUT2D eigenvalue weighted by atomic mass is 32.1. The van der Waals surface area contributed by atoms with E-state index < -0.39 is 0 Å². The number of amides is 3. The molecule has 0 radical (unpaired) electrons. The van der Waals surface area contributed by atoms with Gasteiger partial charge in [-0.05, 0) is 37.1 Å². The molecule has 1 aliphatic heterocycles.